The molecule has 2 aromatic rings. The van der Waals surface area contributed by atoms with E-state index >= 15 is 0 Å². The number of anilines is 1. The van der Waals surface area contributed by atoms with Gasteiger partial charge in [-0.3, -0.25) is 24.3 Å². The largest absolute Gasteiger partial charge is 0.367 e. The first-order chi connectivity index (χ1) is 17.5. The fraction of sp³-hybridized carbons (Fsp3) is 0.333. The second kappa shape index (κ2) is 10.4. The van der Waals surface area contributed by atoms with Crippen LogP contribution in [0.15, 0.2) is 47.5 Å². The third-order valence-electron chi connectivity index (χ3n) is 6.31. The van der Waals surface area contributed by atoms with E-state index in [1.165, 1.54) is 36.7 Å². The van der Waals surface area contributed by atoms with Crippen molar-refractivity contribution >= 4 is 41.3 Å². The summed E-state index contributed by atoms with van der Waals surface area (Å²) in [6, 6.07) is 8.13. The van der Waals surface area contributed by atoms with Crippen LogP contribution in [0.2, 0.25) is 5.02 Å². The number of benzene rings is 2. The van der Waals surface area contributed by atoms with Crippen LogP contribution in [0.25, 0.3) is 0 Å². The number of nitrogens with one attached hydrogen (secondary N) is 3. The Kier molecular flexibility index (Phi) is 7.42. The van der Waals surface area contributed by atoms with Gasteiger partial charge in [0.1, 0.15) is 5.82 Å². The van der Waals surface area contributed by atoms with Crippen LogP contribution >= 0.6 is 11.6 Å². The van der Waals surface area contributed by atoms with E-state index in [9.17, 15) is 27.6 Å². The highest BCUT2D eigenvalue weighted by Gasteiger charge is 2.52. The van der Waals surface area contributed by atoms with Gasteiger partial charge in [0.05, 0.1) is 23.5 Å². The number of alkyl halides is 2. The topological polar surface area (TPSA) is 129 Å². The van der Waals surface area contributed by atoms with Gasteiger partial charge in [-0.15, -0.1) is 0 Å². The summed E-state index contributed by atoms with van der Waals surface area (Å²) < 4.78 is 40.0. The van der Waals surface area contributed by atoms with Crippen LogP contribution < -0.4 is 21.7 Å². The Morgan fingerprint density at radius 1 is 1.19 bits per heavy atom. The lowest BCUT2D eigenvalue weighted by Crippen LogP contribution is -2.60. The van der Waals surface area contributed by atoms with E-state index < -0.39 is 41.0 Å². The summed E-state index contributed by atoms with van der Waals surface area (Å²) >= 11 is 5.94. The van der Waals surface area contributed by atoms with E-state index in [0.29, 0.717) is 11.3 Å². The highest BCUT2D eigenvalue weighted by Crippen LogP contribution is 2.31. The number of primary amides is 1. The number of halogens is 4. The summed E-state index contributed by atoms with van der Waals surface area (Å²) in [5.41, 5.74) is 4.73. The van der Waals surface area contributed by atoms with Crippen molar-refractivity contribution in [1.29, 1.82) is 0 Å². The average Bonchev–Trinajstić information content (AvgIpc) is 3.43. The molecule has 2 aliphatic rings. The van der Waals surface area contributed by atoms with E-state index in [4.69, 9.17) is 17.3 Å². The number of rotatable bonds is 8. The zero-order valence-corrected chi connectivity index (χ0v) is 20.2. The smallest absolute Gasteiger partial charge is 0.261 e. The van der Waals surface area contributed by atoms with Crippen molar-refractivity contribution in [3.63, 3.8) is 0 Å². The van der Waals surface area contributed by atoms with E-state index in [2.05, 4.69) is 20.9 Å². The minimum atomic E-state index is -2.73. The van der Waals surface area contributed by atoms with E-state index in [-0.39, 0.29) is 43.2 Å². The SMILES string of the molecule is NC(=O)C1(c2ccc(NC(=O)c3ccc(F)cc3Cl)cc2)NC=NC1C(=O)NCCN1CCC(F)(F)C1. The third-order valence-corrected chi connectivity index (χ3v) is 6.63. The molecule has 13 heteroatoms. The van der Waals surface area contributed by atoms with E-state index in [1.807, 2.05) is 0 Å². The van der Waals surface area contributed by atoms with Crippen molar-refractivity contribution in [2.45, 2.75) is 23.9 Å². The molecular formula is C24H24ClF3N6O3. The van der Waals surface area contributed by atoms with Crippen molar-refractivity contribution in [3.05, 3.63) is 64.4 Å². The normalized spacial score (nSPS) is 22.4. The quantitative estimate of drug-likeness (QED) is 0.409. The molecule has 1 saturated heterocycles. The van der Waals surface area contributed by atoms with Gasteiger partial charge in [0.2, 0.25) is 5.91 Å². The lowest BCUT2D eigenvalue weighted by Gasteiger charge is -2.31. The van der Waals surface area contributed by atoms with Gasteiger partial charge in [-0.25, -0.2) is 13.2 Å². The first-order valence-electron chi connectivity index (χ1n) is 11.4. The van der Waals surface area contributed by atoms with E-state index in [1.54, 1.807) is 4.90 Å². The van der Waals surface area contributed by atoms with Gasteiger partial charge >= 0.3 is 0 Å². The molecule has 0 aliphatic carbocycles. The minimum Gasteiger partial charge on any atom is -0.367 e. The van der Waals surface area contributed by atoms with Gasteiger partial charge in [-0.2, -0.15) is 0 Å². The summed E-state index contributed by atoms with van der Waals surface area (Å²) in [7, 11) is 0. The lowest BCUT2D eigenvalue weighted by molar-refractivity contribution is -0.131. The number of carbonyl (C=O) groups excluding carboxylic acids is 3. The van der Waals surface area contributed by atoms with Crippen LogP contribution in [-0.2, 0) is 15.1 Å². The maximum atomic E-state index is 13.4. The predicted octanol–water partition coefficient (Wildman–Crippen LogP) is 1.87. The molecule has 0 bridgehead atoms. The average molecular weight is 537 g/mol. The Balaban J connectivity index is 1.44. The van der Waals surface area contributed by atoms with Gasteiger partial charge in [0.25, 0.3) is 17.7 Å². The number of carbonyl (C=O) groups is 3. The standard InChI is InChI=1S/C24H24ClF3N6O3/c25-18-11-15(26)3-6-17(18)20(35)33-16-4-1-14(2-5-16)24(22(29)37)19(31-13-32-24)21(36)30-8-10-34-9-7-23(27,28)12-34/h1-6,11,13,19H,7-10,12H2,(H2,29,37)(H,30,36)(H,31,32)(H,33,35). The summed E-state index contributed by atoms with van der Waals surface area (Å²) in [5.74, 6) is -5.35. The highest BCUT2D eigenvalue weighted by atomic mass is 35.5. The molecule has 2 atom stereocenters. The van der Waals surface area contributed by atoms with Crippen molar-refractivity contribution in [3.8, 4) is 0 Å². The first-order valence-corrected chi connectivity index (χ1v) is 11.7. The Morgan fingerprint density at radius 2 is 1.92 bits per heavy atom. The molecule has 37 heavy (non-hydrogen) atoms. The molecule has 2 heterocycles. The van der Waals surface area contributed by atoms with Gasteiger partial charge in [0, 0.05) is 31.7 Å². The summed E-state index contributed by atoms with van der Waals surface area (Å²) in [4.78, 5) is 43.7. The molecular weight excluding hydrogens is 513 g/mol. The Hall–Kier alpha value is -3.64. The van der Waals surface area contributed by atoms with Crippen molar-refractivity contribution in [2.24, 2.45) is 10.7 Å². The minimum absolute atomic E-state index is 0.0543. The molecule has 2 aromatic carbocycles. The van der Waals surface area contributed by atoms with Crippen LogP contribution in [-0.4, -0.2) is 67.1 Å². The Bertz CT molecular complexity index is 1240. The molecule has 3 amide bonds. The summed E-state index contributed by atoms with van der Waals surface area (Å²) in [6.45, 7) is 0.175. The number of likely N-dealkylation sites (tertiary alicyclic amines) is 1. The second-order valence-corrected chi connectivity index (χ2v) is 9.23. The third kappa shape index (κ3) is 5.54. The zero-order chi connectivity index (χ0) is 26.8. The number of hydrogen-bond acceptors (Lipinski definition) is 6. The number of hydrogen-bond donors (Lipinski definition) is 4. The molecule has 5 N–H and O–H groups in total. The van der Waals surface area contributed by atoms with Crippen LogP contribution in [0.4, 0.5) is 18.9 Å². The Labute approximate surface area is 215 Å². The molecule has 4 rings (SSSR count). The van der Waals surface area contributed by atoms with Crippen molar-refractivity contribution < 1.29 is 27.6 Å². The fourth-order valence-electron chi connectivity index (χ4n) is 4.38. The molecule has 9 nitrogen and oxygen atoms in total. The number of nitrogens with zero attached hydrogens (tertiary/aromatic N) is 2. The van der Waals surface area contributed by atoms with Crippen LogP contribution in [0.5, 0.6) is 0 Å². The van der Waals surface area contributed by atoms with Crippen LogP contribution in [0, 0.1) is 5.82 Å². The molecule has 1 fully saturated rings. The molecule has 0 aromatic heterocycles. The van der Waals surface area contributed by atoms with Gasteiger partial charge in [-0.05, 0) is 35.9 Å². The number of nitrogens with two attached hydrogens (primary N) is 1. The summed E-state index contributed by atoms with van der Waals surface area (Å²) in [6.07, 6.45) is 0.984. The van der Waals surface area contributed by atoms with Gasteiger partial charge < -0.3 is 21.7 Å². The number of amides is 3. The maximum Gasteiger partial charge on any atom is 0.261 e. The molecule has 2 aliphatic heterocycles. The van der Waals surface area contributed by atoms with Gasteiger partial charge in [0.15, 0.2) is 11.6 Å². The molecule has 2 unspecified atom stereocenters. The fourth-order valence-corrected chi connectivity index (χ4v) is 4.63. The zero-order valence-electron chi connectivity index (χ0n) is 19.4. The second-order valence-electron chi connectivity index (χ2n) is 8.83. The molecule has 0 saturated carbocycles. The number of aliphatic imine (C=N–C) groups is 1. The summed E-state index contributed by atoms with van der Waals surface area (Å²) in [5, 5.41) is 7.99. The van der Waals surface area contributed by atoms with Gasteiger partial charge in [-0.1, -0.05) is 23.7 Å². The lowest BCUT2D eigenvalue weighted by atomic mass is 9.82. The van der Waals surface area contributed by atoms with Crippen LogP contribution in [0.1, 0.15) is 22.3 Å². The Morgan fingerprint density at radius 3 is 2.54 bits per heavy atom. The molecule has 196 valence electrons. The van der Waals surface area contributed by atoms with E-state index in [0.717, 1.165) is 12.1 Å². The molecule has 0 spiro atoms. The first kappa shape index (κ1) is 26.4. The predicted molar refractivity (Wildman–Crippen MR) is 131 cm³/mol. The van der Waals surface area contributed by atoms with Crippen LogP contribution in [0.3, 0.4) is 0 Å². The monoisotopic (exact) mass is 536 g/mol. The van der Waals surface area contributed by atoms with Crippen molar-refractivity contribution in [2.75, 3.05) is 31.5 Å². The van der Waals surface area contributed by atoms with Crippen molar-refractivity contribution in [1.82, 2.24) is 15.5 Å². The maximum absolute atomic E-state index is 13.4. The molecule has 0 radical (unpaired) electrons. The highest BCUT2D eigenvalue weighted by molar-refractivity contribution is 6.34.